The molecule has 3 rings (SSSR count). The predicted octanol–water partition coefficient (Wildman–Crippen LogP) is 8.02. The molecule has 0 atom stereocenters. The van der Waals surface area contributed by atoms with Gasteiger partial charge in [-0.1, -0.05) is 49.8 Å². The summed E-state index contributed by atoms with van der Waals surface area (Å²) in [5.41, 5.74) is 9.65. The Labute approximate surface area is 168 Å². The highest BCUT2D eigenvalue weighted by Crippen LogP contribution is 2.42. The topological polar surface area (TPSA) is 4.93 Å². The second kappa shape index (κ2) is 8.31. The molecule has 142 valence electrons. The number of aromatic nitrogens is 1. The molecule has 0 saturated heterocycles. The van der Waals surface area contributed by atoms with E-state index in [2.05, 4.69) is 87.9 Å². The van der Waals surface area contributed by atoms with Crippen molar-refractivity contribution in [2.75, 3.05) is 0 Å². The summed E-state index contributed by atoms with van der Waals surface area (Å²) in [6, 6.07) is 11.1. The third-order valence-corrected chi connectivity index (χ3v) is 6.17. The zero-order valence-corrected chi connectivity index (χ0v) is 18.3. The summed E-state index contributed by atoms with van der Waals surface area (Å²) in [6.45, 7) is 14.6. The molecule has 1 nitrogen and oxygen atoms in total. The molecule has 2 heterocycles. The Morgan fingerprint density at radius 2 is 1.81 bits per heavy atom. The summed E-state index contributed by atoms with van der Waals surface area (Å²) < 4.78 is 2.51. The summed E-state index contributed by atoms with van der Waals surface area (Å²) in [6.07, 6.45) is 4.61. The molecule has 2 heteroatoms. The molecule has 1 aromatic carbocycles. The van der Waals surface area contributed by atoms with Gasteiger partial charge in [-0.15, -0.1) is 11.3 Å². The first-order valence-corrected chi connectivity index (χ1v) is 10.9. The van der Waals surface area contributed by atoms with Gasteiger partial charge in [-0.25, -0.2) is 0 Å². The molecule has 0 aliphatic rings. The van der Waals surface area contributed by atoms with Crippen molar-refractivity contribution in [3.8, 4) is 0 Å². The van der Waals surface area contributed by atoms with Crippen LogP contribution in [0.2, 0.25) is 0 Å². The summed E-state index contributed by atoms with van der Waals surface area (Å²) in [5, 5.41) is 3.64. The lowest BCUT2D eigenvalue weighted by Gasteiger charge is -2.18. The van der Waals surface area contributed by atoms with E-state index in [1.165, 1.54) is 49.3 Å². The highest BCUT2D eigenvalue weighted by Gasteiger charge is 2.22. The van der Waals surface area contributed by atoms with E-state index in [1.807, 2.05) is 11.3 Å². The zero-order chi connectivity index (χ0) is 19.6. The number of allylic oxidation sites excluding steroid dienone is 4. The first-order chi connectivity index (χ1) is 13.0. The molecule has 0 bridgehead atoms. The van der Waals surface area contributed by atoms with Gasteiger partial charge >= 0.3 is 0 Å². The minimum Gasteiger partial charge on any atom is -0.336 e. The summed E-state index contributed by atoms with van der Waals surface area (Å²) >= 11 is 1.86. The van der Waals surface area contributed by atoms with E-state index in [4.69, 9.17) is 0 Å². The molecule has 0 aliphatic heterocycles. The van der Waals surface area contributed by atoms with Crippen LogP contribution in [0.3, 0.4) is 0 Å². The molecule has 0 radical (unpaired) electrons. The third kappa shape index (κ3) is 3.55. The molecular formula is C25H31NS. The Morgan fingerprint density at radius 3 is 2.44 bits per heavy atom. The molecular weight excluding hydrogens is 346 g/mol. The van der Waals surface area contributed by atoms with Crippen LogP contribution in [-0.4, -0.2) is 4.57 Å². The van der Waals surface area contributed by atoms with Crippen LogP contribution >= 0.6 is 11.3 Å². The van der Waals surface area contributed by atoms with Gasteiger partial charge < -0.3 is 4.57 Å². The maximum atomic E-state index is 2.51. The lowest BCUT2D eigenvalue weighted by atomic mass is 9.86. The summed E-state index contributed by atoms with van der Waals surface area (Å²) in [5.74, 6) is 0. The number of fused-ring (bicyclic) bond motifs is 1. The third-order valence-electron chi connectivity index (χ3n) is 5.23. The number of thiophene rings is 1. The van der Waals surface area contributed by atoms with E-state index in [9.17, 15) is 0 Å². The van der Waals surface area contributed by atoms with Crippen molar-refractivity contribution in [3.63, 3.8) is 0 Å². The predicted molar refractivity (Wildman–Crippen MR) is 123 cm³/mol. The summed E-state index contributed by atoms with van der Waals surface area (Å²) in [7, 11) is 0. The highest BCUT2D eigenvalue weighted by atomic mass is 32.1. The first kappa shape index (κ1) is 19.7. The second-order valence-corrected chi connectivity index (χ2v) is 8.36. The largest absolute Gasteiger partial charge is 0.336 e. The SMILES string of the molecule is CC/C=C(/C(=C(C)C)c1ccccc1C)c1c(C)n(CCC)c2sccc12. The van der Waals surface area contributed by atoms with Gasteiger partial charge in [-0.3, -0.25) is 0 Å². The fourth-order valence-corrected chi connectivity index (χ4v) is 5.07. The van der Waals surface area contributed by atoms with Crippen LogP contribution in [0.4, 0.5) is 0 Å². The normalized spacial score (nSPS) is 12.0. The van der Waals surface area contributed by atoms with Gasteiger partial charge in [0.05, 0.1) is 0 Å². The molecule has 0 saturated carbocycles. The van der Waals surface area contributed by atoms with Gasteiger partial charge in [0.1, 0.15) is 4.83 Å². The van der Waals surface area contributed by atoms with Crippen molar-refractivity contribution >= 4 is 32.7 Å². The molecule has 27 heavy (non-hydrogen) atoms. The van der Waals surface area contributed by atoms with E-state index >= 15 is 0 Å². The van der Waals surface area contributed by atoms with Gasteiger partial charge in [-0.2, -0.15) is 0 Å². The quantitative estimate of drug-likeness (QED) is 0.383. The molecule has 0 unspecified atom stereocenters. The maximum absolute atomic E-state index is 2.51. The van der Waals surface area contributed by atoms with Crippen molar-refractivity contribution in [1.82, 2.24) is 4.57 Å². The molecule has 0 spiro atoms. The fraction of sp³-hybridized carbons (Fsp3) is 0.360. The molecule has 0 fully saturated rings. The Hall–Kier alpha value is -2.06. The van der Waals surface area contributed by atoms with Crippen molar-refractivity contribution in [1.29, 1.82) is 0 Å². The lowest BCUT2D eigenvalue weighted by Crippen LogP contribution is -2.01. The van der Waals surface area contributed by atoms with Gasteiger partial charge in [0, 0.05) is 23.2 Å². The van der Waals surface area contributed by atoms with E-state index in [0.29, 0.717) is 0 Å². The Kier molecular flexibility index (Phi) is 6.06. The van der Waals surface area contributed by atoms with E-state index in [1.54, 1.807) is 0 Å². The molecule has 0 N–H and O–H groups in total. The van der Waals surface area contributed by atoms with Crippen molar-refractivity contribution in [2.45, 2.75) is 60.9 Å². The highest BCUT2D eigenvalue weighted by molar-refractivity contribution is 7.16. The van der Waals surface area contributed by atoms with Crippen molar-refractivity contribution in [3.05, 3.63) is 69.7 Å². The van der Waals surface area contributed by atoms with Gasteiger partial charge in [0.15, 0.2) is 0 Å². The molecule has 0 aliphatic carbocycles. The zero-order valence-electron chi connectivity index (χ0n) is 17.5. The van der Waals surface area contributed by atoms with Crippen molar-refractivity contribution < 1.29 is 0 Å². The standard InChI is InChI=1S/C25H31NS/c1-7-11-21(23(17(3)4)20-13-10-9-12-18(20)5)24-19(6)26(15-8-2)25-22(24)14-16-27-25/h9-14,16H,7-8,15H2,1-6H3/b21-11-. The van der Waals surface area contributed by atoms with Gasteiger partial charge in [0.2, 0.25) is 0 Å². The number of hydrogen-bond acceptors (Lipinski definition) is 1. The number of rotatable bonds is 6. The van der Waals surface area contributed by atoms with Crippen LogP contribution < -0.4 is 0 Å². The van der Waals surface area contributed by atoms with Crippen LogP contribution in [-0.2, 0) is 6.54 Å². The minimum atomic E-state index is 1.03. The van der Waals surface area contributed by atoms with Gasteiger partial charge in [-0.05, 0) is 74.3 Å². The lowest BCUT2D eigenvalue weighted by molar-refractivity contribution is 0.688. The van der Waals surface area contributed by atoms with Crippen LogP contribution in [0.15, 0.2) is 47.4 Å². The van der Waals surface area contributed by atoms with E-state index in [0.717, 1.165) is 19.4 Å². The average molecular weight is 378 g/mol. The van der Waals surface area contributed by atoms with Crippen molar-refractivity contribution in [2.24, 2.45) is 0 Å². The van der Waals surface area contributed by atoms with Crippen LogP contribution in [0.5, 0.6) is 0 Å². The second-order valence-electron chi connectivity index (χ2n) is 7.47. The first-order valence-electron chi connectivity index (χ1n) is 10.0. The smallest absolute Gasteiger partial charge is 0.103 e. The Morgan fingerprint density at radius 1 is 1.07 bits per heavy atom. The fourth-order valence-electron chi connectivity index (χ4n) is 4.09. The number of nitrogens with zero attached hydrogens (tertiary/aromatic N) is 1. The monoisotopic (exact) mass is 377 g/mol. The van der Waals surface area contributed by atoms with Crippen LogP contribution in [0.25, 0.3) is 21.4 Å². The molecule has 3 aromatic rings. The number of hydrogen-bond donors (Lipinski definition) is 0. The average Bonchev–Trinajstić information content (AvgIpc) is 3.18. The van der Waals surface area contributed by atoms with Crippen LogP contribution in [0, 0.1) is 13.8 Å². The Balaban J connectivity index is 2.32. The minimum absolute atomic E-state index is 1.03. The molecule has 2 aromatic heterocycles. The van der Waals surface area contributed by atoms with Crippen LogP contribution in [0.1, 0.15) is 62.9 Å². The van der Waals surface area contributed by atoms with Gasteiger partial charge in [0.25, 0.3) is 0 Å². The number of benzene rings is 1. The van der Waals surface area contributed by atoms with E-state index < -0.39 is 0 Å². The molecule has 0 amide bonds. The summed E-state index contributed by atoms with van der Waals surface area (Å²) in [4.78, 5) is 1.41. The van der Waals surface area contributed by atoms with E-state index in [-0.39, 0.29) is 0 Å². The Bertz CT molecular complexity index is 1010. The number of aryl methyl sites for hydroxylation is 2. The maximum Gasteiger partial charge on any atom is 0.103 e.